The quantitative estimate of drug-likeness (QED) is 0.695. The van der Waals surface area contributed by atoms with Crippen LogP contribution in [0.15, 0.2) is 59.2 Å². The Hall–Kier alpha value is -2.11. The van der Waals surface area contributed by atoms with Gasteiger partial charge < -0.3 is 5.32 Å². The number of carbonyl (C=O) groups excluding carboxylic acids is 1. The normalized spacial score (nSPS) is 10.6. The molecule has 0 saturated heterocycles. The largest absolute Gasteiger partial charge is 0.321 e. The van der Waals surface area contributed by atoms with Crippen LogP contribution in [-0.4, -0.2) is 15.7 Å². The number of hydrogen-bond donors (Lipinski definition) is 1. The van der Waals surface area contributed by atoms with Crippen molar-refractivity contribution in [2.45, 2.75) is 6.92 Å². The van der Waals surface area contributed by atoms with Crippen LogP contribution in [-0.2, 0) is 0 Å². The molecule has 0 aliphatic carbocycles. The summed E-state index contributed by atoms with van der Waals surface area (Å²) in [5, 5.41) is 7.62. The van der Waals surface area contributed by atoms with Gasteiger partial charge in [0.2, 0.25) is 0 Å². The molecule has 0 atom stereocenters. The lowest BCUT2D eigenvalue weighted by atomic mass is 10.2. The van der Waals surface area contributed by atoms with Crippen LogP contribution < -0.4 is 5.32 Å². The first kappa shape index (κ1) is 15.8. The number of hydrogen-bond acceptors (Lipinski definition) is 2. The molecule has 0 radical (unpaired) electrons. The maximum atomic E-state index is 12.5. The van der Waals surface area contributed by atoms with Gasteiger partial charge in [0.25, 0.3) is 5.91 Å². The number of amides is 1. The van der Waals surface area contributed by atoms with E-state index in [0.29, 0.717) is 16.3 Å². The fourth-order valence-corrected chi connectivity index (χ4v) is 2.67. The summed E-state index contributed by atoms with van der Waals surface area (Å²) >= 11 is 9.47. The van der Waals surface area contributed by atoms with Gasteiger partial charge in [-0.1, -0.05) is 39.7 Å². The van der Waals surface area contributed by atoms with Gasteiger partial charge >= 0.3 is 0 Å². The maximum Gasteiger partial charge on any atom is 0.259 e. The van der Waals surface area contributed by atoms with E-state index in [9.17, 15) is 4.79 Å². The van der Waals surface area contributed by atoms with Gasteiger partial charge in [0.05, 0.1) is 33.9 Å². The third-order valence-corrected chi connectivity index (χ3v) is 4.31. The van der Waals surface area contributed by atoms with Crippen molar-refractivity contribution < 1.29 is 4.79 Å². The Labute approximate surface area is 147 Å². The number of nitrogens with zero attached hydrogens (tertiary/aromatic N) is 2. The number of anilines is 1. The molecular weight excluding hydrogens is 378 g/mol. The Morgan fingerprint density at radius 2 is 1.87 bits per heavy atom. The number of rotatable bonds is 3. The Balaban J connectivity index is 1.88. The molecule has 4 nitrogen and oxygen atoms in total. The first-order valence-corrected chi connectivity index (χ1v) is 8.10. The highest BCUT2D eigenvalue weighted by atomic mass is 79.9. The fourth-order valence-electron chi connectivity index (χ4n) is 2.23. The monoisotopic (exact) mass is 389 g/mol. The van der Waals surface area contributed by atoms with Gasteiger partial charge in [-0.3, -0.25) is 4.79 Å². The average molecular weight is 391 g/mol. The van der Waals surface area contributed by atoms with Crippen molar-refractivity contribution >= 4 is 39.1 Å². The van der Waals surface area contributed by atoms with Crippen LogP contribution in [0.5, 0.6) is 0 Å². The summed E-state index contributed by atoms with van der Waals surface area (Å²) in [5.74, 6) is -0.237. The van der Waals surface area contributed by atoms with E-state index in [1.165, 1.54) is 0 Å². The molecule has 1 aromatic heterocycles. The van der Waals surface area contributed by atoms with Gasteiger partial charge in [-0.15, -0.1) is 0 Å². The molecule has 0 spiro atoms. The highest BCUT2D eigenvalue weighted by molar-refractivity contribution is 9.10. The van der Waals surface area contributed by atoms with Gasteiger partial charge in [0.15, 0.2) is 0 Å². The number of benzene rings is 2. The lowest BCUT2D eigenvalue weighted by molar-refractivity contribution is 0.102. The third-order valence-electron chi connectivity index (χ3n) is 3.45. The lowest BCUT2D eigenvalue weighted by Gasteiger charge is -2.08. The average Bonchev–Trinajstić information content (AvgIpc) is 2.92. The van der Waals surface area contributed by atoms with Gasteiger partial charge in [-0.25, -0.2) is 4.68 Å². The molecule has 3 rings (SSSR count). The van der Waals surface area contributed by atoms with E-state index in [2.05, 4.69) is 26.3 Å². The Morgan fingerprint density at radius 3 is 2.57 bits per heavy atom. The molecule has 3 aromatic rings. The van der Waals surface area contributed by atoms with E-state index in [1.54, 1.807) is 23.0 Å². The highest BCUT2D eigenvalue weighted by Crippen LogP contribution is 2.22. The summed E-state index contributed by atoms with van der Waals surface area (Å²) in [7, 11) is 0. The molecular formula is C17H13BrClN3O. The van der Waals surface area contributed by atoms with Crippen LogP contribution in [0.2, 0.25) is 5.02 Å². The van der Waals surface area contributed by atoms with Crippen LogP contribution in [0.25, 0.3) is 5.69 Å². The summed E-state index contributed by atoms with van der Waals surface area (Å²) in [6, 6.07) is 14.8. The van der Waals surface area contributed by atoms with Crippen molar-refractivity contribution in [3.05, 3.63) is 75.5 Å². The summed E-state index contributed by atoms with van der Waals surface area (Å²) in [6.45, 7) is 1.86. The van der Waals surface area contributed by atoms with Crippen molar-refractivity contribution in [1.82, 2.24) is 9.78 Å². The third kappa shape index (κ3) is 3.30. The molecule has 0 aliphatic rings. The first-order chi connectivity index (χ1) is 11.1. The summed E-state index contributed by atoms with van der Waals surface area (Å²) in [5.41, 5.74) is 2.74. The minimum Gasteiger partial charge on any atom is -0.321 e. The number of carbonyl (C=O) groups is 1. The number of halogens is 2. The van der Waals surface area contributed by atoms with E-state index in [-0.39, 0.29) is 5.91 Å². The zero-order valence-corrected chi connectivity index (χ0v) is 14.6. The minimum atomic E-state index is -0.237. The predicted octanol–water partition coefficient (Wildman–Crippen LogP) is 4.85. The number of para-hydroxylation sites is 1. The van der Waals surface area contributed by atoms with Crippen LogP contribution >= 0.6 is 27.5 Å². The Bertz CT molecular complexity index is 859. The second kappa shape index (κ2) is 6.56. The number of aromatic nitrogens is 2. The Morgan fingerprint density at radius 1 is 1.17 bits per heavy atom. The van der Waals surface area contributed by atoms with Crippen molar-refractivity contribution in [3.63, 3.8) is 0 Å². The SMILES string of the molecule is Cc1c(C(=O)Nc2ccccc2Cl)cnn1-c1ccc(Br)cc1. The van der Waals surface area contributed by atoms with Crippen LogP contribution in [0, 0.1) is 6.92 Å². The molecule has 2 aromatic carbocycles. The van der Waals surface area contributed by atoms with Crippen molar-refractivity contribution in [3.8, 4) is 5.69 Å². The summed E-state index contributed by atoms with van der Waals surface area (Å²) < 4.78 is 2.72. The highest BCUT2D eigenvalue weighted by Gasteiger charge is 2.16. The van der Waals surface area contributed by atoms with E-state index in [0.717, 1.165) is 15.9 Å². The minimum absolute atomic E-state index is 0.237. The molecule has 6 heteroatoms. The van der Waals surface area contributed by atoms with Crippen molar-refractivity contribution in [2.75, 3.05) is 5.32 Å². The topological polar surface area (TPSA) is 46.9 Å². The predicted molar refractivity (Wildman–Crippen MR) is 95.4 cm³/mol. The van der Waals surface area contributed by atoms with Gasteiger partial charge in [0.1, 0.15) is 0 Å². The smallest absolute Gasteiger partial charge is 0.259 e. The molecule has 0 fully saturated rings. The first-order valence-electron chi connectivity index (χ1n) is 6.92. The number of nitrogens with one attached hydrogen (secondary N) is 1. The summed E-state index contributed by atoms with van der Waals surface area (Å²) in [4.78, 5) is 12.5. The molecule has 0 aliphatic heterocycles. The fraction of sp³-hybridized carbons (Fsp3) is 0.0588. The Kier molecular flexibility index (Phi) is 4.50. The van der Waals surface area contributed by atoms with Crippen LogP contribution in [0.3, 0.4) is 0 Å². The molecule has 0 unspecified atom stereocenters. The molecule has 116 valence electrons. The van der Waals surface area contributed by atoms with E-state index >= 15 is 0 Å². The molecule has 1 N–H and O–H groups in total. The molecule has 1 heterocycles. The van der Waals surface area contributed by atoms with Crippen LogP contribution in [0.4, 0.5) is 5.69 Å². The molecule has 0 saturated carbocycles. The second-order valence-electron chi connectivity index (χ2n) is 4.97. The second-order valence-corrected chi connectivity index (χ2v) is 6.29. The molecule has 1 amide bonds. The van der Waals surface area contributed by atoms with Gasteiger partial charge in [-0.2, -0.15) is 5.10 Å². The standard InChI is InChI=1S/C17H13BrClN3O/c1-11-14(17(23)21-16-5-3-2-4-15(16)19)10-20-22(11)13-8-6-12(18)7-9-13/h2-10H,1H3,(H,21,23). The zero-order valence-electron chi connectivity index (χ0n) is 12.3. The van der Waals surface area contributed by atoms with E-state index in [1.807, 2.05) is 43.3 Å². The molecule has 23 heavy (non-hydrogen) atoms. The van der Waals surface area contributed by atoms with Crippen molar-refractivity contribution in [1.29, 1.82) is 0 Å². The lowest BCUT2D eigenvalue weighted by Crippen LogP contribution is -2.13. The summed E-state index contributed by atoms with van der Waals surface area (Å²) in [6.07, 6.45) is 1.56. The zero-order chi connectivity index (χ0) is 16.4. The maximum absolute atomic E-state index is 12.5. The van der Waals surface area contributed by atoms with Gasteiger partial charge in [-0.05, 0) is 43.3 Å². The van der Waals surface area contributed by atoms with E-state index < -0.39 is 0 Å². The van der Waals surface area contributed by atoms with Gasteiger partial charge in [0, 0.05) is 4.47 Å². The van der Waals surface area contributed by atoms with Crippen molar-refractivity contribution in [2.24, 2.45) is 0 Å². The van der Waals surface area contributed by atoms with E-state index in [4.69, 9.17) is 11.6 Å². The van der Waals surface area contributed by atoms with Crippen LogP contribution in [0.1, 0.15) is 16.1 Å². The molecule has 0 bridgehead atoms.